The van der Waals surface area contributed by atoms with Gasteiger partial charge in [0.25, 0.3) is 0 Å². The second kappa shape index (κ2) is 14.8. The average Bonchev–Trinajstić information content (AvgIpc) is 2.92. The zero-order valence-corrected chi connectivity index (χ0v) is 24.1. The average molecular weight is 491 g/mol. The summed E-state index contributed by atoms with van der Waals surface area (Å²) in [6.07, 6.45) is 29.6. The molecule has 0 N–H and O–H groups in total. The molecule has 36 heavy (non-hydrogen) atoms. The smallest absolute Gasteiger partial charge is 0.00991 e. The maximum atomic E-state index is 4.14. The minimum absolute atomic E-state index is 0.687. The molecule has 0 aliphatic heterocycles. The van der Waals surface area contributed by atoms with Gasteiger partial charge in [0, 0.05) is 0 Å². The highest BCUT2D eigenvalue weighted by Crippen LogP contribution is 2.49. The van der Waals surface area contributed by atoms with Gasteiger partial charge in [-0.3, -0.25) is 0 Å². The highest BCUT2D eigenvalue weighted by Gasteiger charge is 2.36. The molecule has 0 saturated heterocycles. The van der Waals surface area contributed by atoms with Crippen LogP contribution >= 0.6 is 0 Å². The first kappa shape index (κ1) is 28.0. The van der Waals surface area contributed by atoms with Crippen LogP contribution in [0.4, 0.5) is 0 Å². The molecule has 3 aliphatic rings. The van der Waals surface area contributed by atoms with Crippen LogP contribution in [0.1, 0.15) is 159 Å². The fourth-order valence-corrected chi connectivity index (χ4v) is 8.59. The van der Waals surface area contributed by atoms with E-state index in [0.717, 1.165) is 41.9 Å². The summed E-state index contributed by atoms with van der Waals surface area (Å²) in [6.45, 7) is 8.81. The van der Waals surface area contributed by atoms with E-state index >= 15 is 0 Å². The van der Waals surface area contributed by atoms with E-state index in [2.05, 4.69) is 50.8 Å². The zero-order valence-electron chi connectivity index (χ0n) is 24.1. The van der Waals surface area contributed by atoms with Crippen molar-refractivity contribution in [1.29, 1.82) is 0 Å². The zero-order chi connectivity index (χ0) is 25.2. The van der Waals surface area contributed by atoms with E-state index < -0.39 is 0 Å². The Hall–Kier alpha value is -1.04. The van der Waals surface area contributed by atoms with Gasteiger partial charge < -0.3 is 0 Å². The number of rotatable bonds is 13. The molecule has 3 saturated carbocycles. The Morgan fingerprint density at radius 3 is 2.00 bits per heavy atom. The van der Waals surface area contributed by atoms with Crippen LogP contribution in [0.5, 0.6) is 0 Å². The molecule has 5 atom stereocenters. The Morgan fingerprint density at radius 2 is 1.33 bits per heavy atom. The summed E-state index contributed by atoms with van der Waals surface area (Å²) in [5.74, 6) is 6.45. The summed E-state index contributed by atoms with van der Waals surface area (Å²) in [7, 11) is 0. The van der Waals surface area contributed by atoms with Crippen molar-refractivity contribution in [2.24, 2.45) is 29.6 Å². The fraction of sp³-hybridized carbons (Fsp3) is 0.778. The standard InChI is InChI=1S/C36H58/c1-4-7-9-12-28-14-17-31(18-15-28)36(11-6-3)32-22-20-30(21-23-32)34-25-24-33-26-29(13-10-8-5-2)16-19-35(33)27-34/h6,20-23,28-29,31,33-36H,3-5,7-19,24-27H2,1-2H3/t28-,29-,31-,33-,34+,35+,36?/m0/s1. The first-order chi connectivity index (χ1) is 17.7. The Balaban J connectivity index is 1.28. The summed E-state index contributed by atoms with van der Waals surface area (Å²) in [5.41, 5.74) is 3.23. The molecule has 0 heterocycles. The summed E-state index contributed by atoms with van der Waals surface area (Å²) in [6, 6.07) is 10.1. The molecule has 1 aromatic rings. The third-order valence-electron chi connectivity index (χ3n) is 10.9. The highest BCUT2D eigenvalue weighted by molar-refractivity contribution is 5.29. The van der Waals surface area contributed by atoms with Crippen molar-refractivity contribution in [3.63, 3.8) is 0 Å². The van der Waals surface area contributed by atoms with Crippen molar-refractivity contribution in [2.45, 2.75) is 148 Å². The predicted octanol–water partition coefficient (Wildman–Crippen LogP) is 11.6. The first-order valence-electron chi connectivity index (χ1n) is 16.4. The van der Waals surface area contributed by atoms with Gasteiger partial charge in [-0.25, -0.2) is 0 Å². The minimum Gasteiger partial charge on any atom is -0.103 e. The number of hydrogen-bond acceptors (Lipinski definition) is 0. The number of fused-ring (bicyclic) bond motifs is 1. The van der Waals surface area contributed by atoms with Gasteiger partial charge in [0.15, 0.2) is 0 Å². The van der Waals surface area contributed by atoms with Gasteiger partial charge in [-0.05, 0) is 104 Å². The lowest BCUT2D eigenvalue weighted by Crippen LogP contribution is -2.30. The Labute approximate surface area is 225 Å². The van der Waals surface area contributed by atoms with E-state index in [9.17, 15) is 0 Å². The molecule has 3 aliphatic carbocycles. The third kappa shape index (κ3) is 7.74. The van der Waals surface area contributed by atoms with Gasteiger partial charge in [0.1, 0.15) is 0 Å². The molecule has 0 aromatic heterocycles. The van der Waals surface area contributed by atoms with Crippen LogP contribution in [-0.4, -0.2) is 0 Å². The van der Waals surface area contributed by atoms with E-state index in [1.54, 1.807) is 17.5 Å². The Bertz CT molecular complexity index is 736. The van der Waals surface area contributed by atoms with Crippen LogP contribution in [0.15, 0.2) is 36.9 Å². The van der Waals surface area contributed by atoms with Gasteiger partial charge in [0.2, 0.25) is 0 Å². The first-order valence-corrected chi connectivity index (χ1v) is 16.4. The molecule has 0 bridgehead atoms. The highest BCUT2D eigenvalue weighted by atomic mass is 14.4. The van der Waals surface area contributed by atoms with Crippen molar-refractivity contribution in [1.82, 2.24) is 0 Å². The maximum absolute atomic E-state index is 4.14. The van der Waals surface area contributed by atoms with E-state index in [-0.39, 0.29) is 0 Å². The Kier molecular flexibility index (Phi) is 11.5. The molecule has 3 fully saturated rings. The summed E-state index contributed by atoms with van der Waals surface area (Å²) in [4.78, 5) is 0. The fourth-order valence-electron chi connectivity index (χ4n) is 8.59. The van der Waals surface area contributed by atoms with Crippen molar-refractivity contribution in [2.75, 3.05) is 0 Å². The quantitative estimate of drug-likeness (QED) is 0.190. The van der Waals surface area contributed by atoms with Gasteiger partial charge in [-0.2, -0.15) is 0 Å². The van der Waals surface area contributed by atoms with E-state index in [1.807, 2.05) is 0 Å². The van der Waals surface area contributed by atoms with Crippen LogP contribution in [0.3, 0.4) is 0 Å². The molecule has 1 unspecified atom stereocenters. The molecule has 0 heteroatoms. The largest absolute Gasteiger partial charge is 0.103 e. The van der Waals surface area contributed by atoms with E-state index in [4.69, 9.17) is 0 Å². The third-order valence-corrected chi connectivity index (χ3v) is 10.9. The summed E-state index contributed by atoms with van der Waals surface area (Å²) in [5, 5.41) is 0. The molecule has 0 spiro atoms. The molecule has 0 radical (unpaired) electrons. The SMILES string of the molecule is C=CCC(c1ccc([C@@H]2CC[C@H]3C[C@@H](CCCCC)CC[C@@H]3C2)cc1)[C@H]1CC[C@H](CCCCC)CC1. The number of allylic oxidation sites excluding steroid dienone is 1. The predicted molar refractivity (Wildman–Crippen MR) is 159 cm³/mol. The minimum atomic E-state index is 0.687. The topological polar surface area (TPSA) is 0 Å². The van der Waals surface area contributed by atoms with Crippen molar-refractivity contribution >= 4 is 0 Å². The number of unbranched alkanes of at least 4 members (excludes halogenated alkanes) is 4. The lowest BCUT2D eigenvalue weighted by Gasteiger charge is -2.42. The molecule has 0 nitrogen and oxygen atoms in total. The second-order valence-electron chi connectivity index (χ2n) is 13.3. The van der Waals surface area contributed by atoms with E-state index in [1.165, 1.54) is 109 Å². The van der Waals surface area contributed by atoms with Crippen LogP contribution in [0.2, 0.25) is 0 Å². The van der Waals surface area contributed by atoms with Gasteiger partial charge in [-0.1, -0.05) is 115 Å². The van der Waals surface area contributed by atoms with Crippen molar-refractivity contribution < 1.29 is 0 Å². The van der Waals surface area contributed by atoms with Crippen LogP contribution in [-0.2, 0) is 0 Å². The van der Waals surface area contributed by atoms with Crippen LogP contribution < -0.4 is 0 Å². The van der Waals surface area contributed by atoms with Gasteiger partial charge in [-0.15, -0.1) is 6.58 Å². The second-order valence-corrected chi connectivity index (χ2v) is 13.3. The molecule has 202 valence electrons. The molecule has 0 amide bonds. The van der Waals surface area contributed by atoms with Gasteiger partial charge in [0.05, 0.1) is 0 Å². The normalized spacial score (nSPS) is 31.5. The monoisotopic (exact) mass is 490 g/mol. The Morgan fingerprint density at radius 1 is 0.722 bits per heavy atom. The van der Waals surface area contributed by atoms with Crippen molar-refractivity contribution in [3.05, 3.63) is 48.0 Å². The molecular weight excluding hydrogens is 432 g/mol. The lowest BCUT2D eigenvalue weighted by molar-refractivity contribution is 0.113. The number of benzene rings is 1. The molecular formula is C36H58. The summed E-state index contributed by atoms with van der Waals surface area (Å²) < 4.78 is 0. The van der Waals surface area contributed by atoms with Crippen LogP contribution in [0, 0.1) is 29.6 Å². The molecule has 4 rings (SSSR count). The lowest BCUT2D eigenvalue weighted by atomic mass is 9.63. The number of hydrogen-bond donors (Lipinski definition) is 0. The van der Waals surface area contributed by atoms with Gasteiger partial charge >= 0.3 is 0 Å². The van der Waals surface area contributed by atoms with Crippen LogP contribution in [0.25, 0.3) is 0 Å². The van der Waals surface area contributed by atoms with E-state index in [0.29, 0.717) is 5.92 Å². The molecule has 1 aromatic carbocycles. The van der Waals surface area contributed by atoms with Crippen molar-refractivity contribution in [3.8, 4) is 0 Å². The summed E-state index contributed by atoms with van der Waals surface area (Å²) >= 11 is 0. The maximum Gasteiger partial charge on any atom is -0.00991 e.